The molecule has 0 aromatic heterocycles. The molecule has 0 spiro atoms. The summed E-state index contributed by atoms with van der Waals surface area (Å²) < 4.78 is 0. The van der Waals surface area contributed by atoms with Crippen LogP contribution in [0.2, 0.25) is 0 Å². The van der Waals surface area contributed by atoms with Crippen LogP contribution in [0.1, 0.15) is 29.6 Å². The summed E-state index contributed by atoms with van der Waals surface area (Å²) in [5, 5.41) is 6.05. The lowest BCUT2D eigenvalue weighted by molar-refractivity contribution is 0.0674. The van der Waals surface area contributed by atoms with Crippen LogP contribution in [0.25, 0.3) is 0 Å². The molecule has 6 nitrogen and oxygen atoms in total. The third-order valence-corrected chi connectivity index (χ3v) is 4.78. The molecule has 6 heteroatoms. The zero-order valence-electron chi connectivity index (χ0n) is 14.3. The molecule has 2 saturated heterocycles. The standard InChI is InChI=1S/C18H26N4O2/c1-19-12-14-5-3-9-21(13-14)17(23)15-6-2-7-16(11-15)22-10-4-8-20-18(22)24/h2,6-7,11,14,19H,3-5,8-10,12-13H2,1H3,(H,20,24). The van der Waals surface area contributed by atoms with Gasteiger partial charge in [0, 0.05) is 37.4 Å². The van der Waals surface area contributed by atoms with Crippen molar-refractivity contribution in [2.45, 2.75) is 19.3 Å². The van der Waals surface area contributed by atoms with Crippen molar-refractivity contribution < 1.29 is 9.59 Å². The average molecular weight is 330 g/mol. The maximum atomic E-state index is 12.9. The van der Waals surface area contributed by atoms with E-state index < -0.39 is 0 Å². The third-order valence-electron chi connectivity index (χ3n) is 4.78. The highest BCUT2D eigenvalue weighted by Gasteiger charge is 2.25. The Balaban J connectivity index is 1.73. The largest absolute Gasteiger partial charge is 0.338 e. The van der Waals surface area contributed by atoms with Crippen molar-refractivity contribution in [1.82, 2.24) is 15.5 Å². The van der Waals surface area contributed by atoms with Gasteiger partial charge in [-0.25, -0.2) is 4.79 Å². The van der Waals surface area contributed by atoms with Crippen LogP contribution in [0.15, 0.2) is 24.3 Å². The number of hydrogen-bond donors (Lipinski definition) is 2. The smallest absolute Gasteiger partial charge is 0.321 e. The molecule has 2 heterocycles. The van der Waals surface area contributed by atoms with Gasteiger partial charge in [-0.1, -0.05) is 6.07 Å². The first-order chi connectivity index (χ1) is 11.7. The van der Waals surface area contributed by atoms with Crippen LogP contribution in [-0.2, 0) is 0 Å². The highest BCUT2D eigenvalue weighted by Crippen LogP contribution is 2.22. The zero-order chi connectivity index (χ0) is 16.9. The van der Waals surface area contributed by atoms with Gasteiger partial charge in [-0.05, 0) is 57.0 Å². The molecule has 0 aliphatic carbocycles. The molecule has 2 aliphatic rings. The van der Waals surface area contributed by atoms with Crippen LogP contribution in [0.5, 0.6) is 0 Å². The molecular formula is C18H26N4O2. The summed E-state index contributed by atoms with van der Waals surface area (Å²) in [5.41, 5.74) is 1.46. The number of nitrogens with zero attached hydrogens (tertiary/aromatic N) is 2. The number of urea groups is 1. The molecule has 3 amide bonds. The van der Waals surface area contributed by atoms with Crippen LogP contribution in [0.3, 0.4) is 0 Å². The molecule has 130 valence electrons. The van der Waals surface area contributed by atoms with Crippen LogP contribution < -0.4 is 15.5 Å². The van der Waals surface area contributed by atoms with E-state index in [9.17, 15) is 9.59 Å². The van der Waals surface area contributed by atoms with Crippen LogP contribution in [-0.4, -0.2) is 56.6 Å². The van der Waals surface area contributed by atoms with Crippen molar-refractivity contribution in [3.63, 3.8) is 0 Å². The summed E-state index contributed by atoms with van der Waals surface area (Å²) >= 11 is 0. The van der Waals surface area contributed by atoms with Gasteiger partial charge in [-0.2, -0.15) is 0 Å². The van der Waals surface area contributed by atoms with Crippen LogP contribution in [0, 0.1) is 5.92 Å². The van der Waals surface area contributed by atoms with Gasteiger partial charge < -0.3 is 15.5 Å². The lowest BCUT2D eigenvalue weighted by atomic mass is 9.97. The van der Waals surface area contributed by atoms with Gasteiger partial charge in [0.25, 0.3) is 5.91 Å². The van der Waals surface area contributed by atoms with Crippen LogP contribution >= 0.6 is 0 Å². The Labute approximate surface area is 143 Å². The minimum atomic E-state index is -0.0853. The number of hydrogen-bond acceptors (Lipinski definition) is 3. The number of piperidine rings is 1. The molecule has 24 heavy (non-hydrogen) atoms. The number of nitrogens with one attached hydrogen (secondary N) is 2. The molecule has 0 bridgehead atoms. The normalized spacial score (nSPS) is 21.5. The van der Waals surface area contributed by atoms with Crippen molar-refractivity contribution in [1.29, 1.82) is 0 Å². The Morgan fingerprint density at radius 2 is 2.21 bits per heavy atom. The second-order valence-corrected chi connectivity index (χ2v) is 6.60. The van der Waals surface area contributed by atoms with Crippen molar-refractivity contribution in [3.05, 3.63) is 29.8 Å². The molecule has 2 fully saturated rings. The quantitative estimate of drug-likeness (QED) is 0.883. The SMILES string of the molecule is CNCC1CCCN(C(=O)c2cccc(N3CCCNC3=O)c2)C1. The van der Waals surface area contributed by atoms with Gasteiger partial charge in [0.15, 0.2) is 0 Å². The number of amides is 3. The molecule has 1 aromatic rings. The maximum absolute atomic E-state index is 12.9. The Kier molecular flexibility index (Phi) is 5.35. The molecule has 2 N–H and O–H groups in total. The summed E-state index contributed by atoms with van der Waals surface area (Å²) in [6, 6.07) is 7.35. The number of rotatable bonds is 4. The fourth-order valence-electron chi connectivity index (χ4n) is 3.57. The predicted octanol–water partition coefficient (Wildman–Crippen LogP) is 1.68. The second-order valence-electron chi connectivity index (χ2n) is 6.60. The minimum Gasteiger partial charge on any atom is -0.338 e. The monoisotopic (exact) mass is 330 g/mol. The predicted molar refractivity (Wildman–Crippen MR) is 94.4 cm³/mol. The summed E-state index contributed by atoms with van der Waals surface area (Å²) in [7, 11) is 1.95. The molecule has 3 rings (SSSR count). The molecule has 1 unspecified atom stereocenters. The number of carbonyl (C=O) groups is 2. The summed E-state index contributed by atoms with van der Waals surface area (Å²) in [6.45, 7) is 3.96. The minimum absolute atomic E-state index is 0.0649. The van der Waals surface area contributed by atoms with Crippen molar-refractivity contribution >= 4 is 17.6 Å². The molecule has 2 aliphatic heterocycles. The van der Waals surface area contributed by atoms with Gasteiger partial charge >= 0.3 is 6.03 Å². The Bertz CT molecular complexity index is 602. The van der Waals surface area contributed by atoms with Crippen molar-refractivity contribution in [2.75, 3.05) is 44.7 Å². The van der Waals surface area contributed by atoms with Crippen molar-refractivity contribution in [3.8, 4) is 0 Å². The Hall–Kier alpha value is -2.08. The van der Waals surface area contributed by atoms with Crippen LogP contribution in [0.4, 0.5) is 10.5 Å². The molecule has 1 atom stereocenters. The Morgan fingerprint density at radius 1 is 1.33 bits per heavy atom. The first kappa shape index (κ1) is 16.8. The number of anilines is 1. The lowest BCUT2D eigenvalue weighted by Gasteiger charge is -2.33. The maximum Gasteiger partial charge on any atom is 0.321 e. The van der Waals surface area contributed by atoms with E-state index in [1.165, 1.54) is 6.42 Å². The van der Waals surface area contributed by atoms with E-state index in [0.717, 1.165) is 38.2 Å². The number of likely N-dealkylation sites (tertiary alicyclic amines) is 1. The van der Waals surface area contributed by atoms with Gasteiger partial charge in [0.2, 0.25) is 0 Å². The first-order valence-electron chi connectivity index (χ1n) is 8.78. The van der Waals surface area contributed by atoms with E-state index >= 15 is 0 Å². The highest BCUT2D eigenvalue weighted by atomic mass is 16.2. The highest BCUT2D eigenvalue weighted by molar-refractivity contribution is 5.98. The number of benzene rings is 1. The van der Waals surface area contributed by atoms with E-state index in [-0.39, 0.29) is 11.9 Å². The van der Waals surface area contributed by atoms with Gasteiger partial charge in [-0.15, -0.1) is 0 Å². The first-order valence-corrected chi connectivity index (χ1v) is 8.78. The van der Waals surface area contributed by atoms with Gasteiger partial charge in [-0.3, -0.25) is 9.69 Å². The van der Waals surface area contributed by atoms with Crippen molar-refractivity contribution in [2.24, 2.45) is 5.92 Å². The summed E-state index contributed by atoms with van der Waals surface area (Å²) in [4.78, 5) is 28.5. The second kappa shape index (κ2) is 7.66. The van der Waals surface area contributed by atoms with E-state index in [4.69, 9.17) is 0 Å². The number of carbonyl (C=O) groups excluding carboxylic acids is 2. The van der Waals surface area contributed by atoms with E-state index in [2.05, 4.69) is 10.6 Å². The van der Waals surface area contributed by atoms with Gasteiger partial charge in [0.05, 0.1) is 0 Å². The van der Waals surface area contributed by atoms with Gasteiger partial charge in [0.1, 0.15) is 0 Å². The molecule has 0 radical (unpaired) electrons. The van der Waals surface area contributed by atoms with E-state index in [0.29, 0.717) is 24.6 Å². The average Bonchev–Trinajstić information content (AvgIpc) is 2.62. The molecule has 1 aromatic carbocycles. The lowest BCUT2D eigenvalue weighted by Crippen LogP contribution is -2.46. The Morgan fingerprint density at radius 3 is 3.00 bits per heavy atom. The fourth-order valence-corrected chi connectivity index (χ4v) is 3.57. The summed E-state index contributed by atoms with van der Waals surface area (Å²) in [5.74, 6) is 0.582. The van der Waals surface area contributed by atoms with E-state index in [1.54, 1.807) is 4.90 Å². The molecule has 0 saturated carbocycles. The topological polar surface area (TPSA) is 64.7 Å². The fraction of sp³-hybridized carbons (Fsp3) is 0.556. The summed E-state index contributed by atoms with van der Waals surface area (Å²) in [6.07, 6.45) is 3.13. The third kappa shape index (κ3) is 3.70. The zero-order valence-corrected chi connectivity index (χ0v) is 14.3. The molecular weight excluding hydrogens is 304 g/mol. The van der Waals surface area contributed by atoms with E-state index in [1.807, 2.05) is 36.2 Å².